The van der Waals surface area contributed by atoms with E-state index in [0.717, 1.165) is 12.8 Å². The van der Waals surface area contributed by atoms with Crippen molar-refractivity contribution in [1.29, 1.82) is 0 Å². The minimum Gasteiger partial charge on any atom is -0.387 e. The standard InChI is InChI=1S/C13H22O4/c1-4-5-10-13(14)6-8(15-10)11-9(7-13)16-12(2,3)17-11/h8-11,14H,4-7H2,1-3H3/t8-,9+,10-,11?,13+/m0/s1. The predicted molar refractivity (Wildman–Crippen MR) is 61.6 cm³/mol. The molecule has 4 nitrogen and oxygen atoms in total. The average molecular weight is 242 g/mol. The van der Waals surface area contributed by atoms with Crippen LogP contribution in [0.5, 0.6) is 0 Å². The largest absolute Gasteiger partial charge is 0.387 e. The van der Waals surface area contributed by atoms with Crippen LogP contribution < -0.4 is 0 Å². The Hall–Kier alpha value is -0.160. The maximum Gasteiger partial charge on any atom is 0.163 e. The van der Waals surface area contributed by atoms with Gasteiger partial charge in [0.2, 0.25) is 0 Å². The first-order valence-corrected chi connectivity index (χ1v) is 6.67. The first-order valence-electron chi connectivity index (χ1n) is 6.67. The van der Waals surface area contributed by atoms with E-state index >= 15 is 0 Å². The average Bonchev–Trinajstić information content (AvgIpc) is 2.64. The molecule has 5 atom stereocenters. The van der Waals surface area contributed by atoms with Gasteiger partial charge >= 0.3 is 0 Å². The van der Waals surface area contributed by atoms with Crippen molar-refractivity contribution >= 4 is 0 Å². The quantitative estimate of drug-likeness (QED) is 0.799. The summed E-state index contributed by atoms with van der Waals surface area (Å²) in [6, 6.07) is 0. The Morgan fingerprint density at radius 3 is 2.59 bits per heavy atom. The van der Waals surface area contributed by atoms with Gasteiger partial charge in [-0.2, -0.15) is 0 Å². The van der Waals surface area contributed by atoms with E-state index in [-0.39, 0.29) is 24.4 Å². The Bertz CT molecular complexity index is 317. The summed E-state index contributed by atoms with van der Waals surface area (Å²) in [6.07, 6.45) is 3.21. The summed E-state index contributed by atoms with van der Waals surface area (Å²) in [5.74, 6) is -0.542. The Labute approximate surface area is 102 Å². The third-order valence-electron chi connectivity index (χ3n) is 4.19. The van der Waals surface area contributed by atoms with Gasteiger partial charge in [-0.1, -0.05) is 13.3 Å². The molecular formula is C13H22O4. The first kappa shape index (κ1) is 11.9. The van der Waals surface area contributed by atoms with E-state index < -0.39 is 11.4 Å². The molecular weight excluding hydrogens is 220 g/mol. The maximum absolute atomic E-state index is 10.7. The van der Waals surface area contributed by atoms with Crippen LogP contribution in [0.2, 0.25) is 0 Å². The first-order chi connectivity index (χ1) is 7.93. The number of aliphatic hydroxyl groups is 1. The van der Waals surface area contributed by atoms with Crippen LogP contribution in [-0.2, 0) is 14.2 Å². The highest BCUT2D eigenvalue weighted by atomic mass is 16.8. The monoisotopic (exact) mass is 242 g/mol. The van der Waals surface area contributed by atoms with Crippen LogP contribution in [-0.4, -0.2) is 40.9 Å². The lowest BCUT2D eigenvalue weighted by Gasteiger charge is -2.34. The SMILES string of the molecule is CCC[C@@H]1O[C@H]2C[C@@]1(O)C[C@H]1OC(C)(C)OC21. The van der Waals surface area contributed by atoms with Gasteiger partial charge in [0.15, 0.2) is 5.79 Å². The summed E-state index contributed by atoms with van der Waals surface area (Å²) >= 11 is 0. The van der Waals surface area contributed by atoms with Crippen LogP contribution in [0, 0.1) is 0 Å². The molecule has 3 rings (SSSR count). The molecule has 0 aromatic heterocycles. The molecule has 3 fully saturated rings. The van der Waals surface area contributed by atoms with Gasteiger partial charge in [0.05, 0.1) is 23.9 Å². The summed E-state index contributed by atoms with van der Waals surface area (Å²) in [6.45, 7) is 5.96. The third-order valence-corrected chi connectivity index (χ3v) is 4.19. The van der Waals surface area contributed by atoms with E-state index in [9.17, 15) is 5.11 Å². The van der Waals surface area contributed by atoms with Gasteiger partial charge in [0, 0.05) is 12.8 Å². The van der Waals surface area contributed by atoms with Crippen LogP contribution in [0.3, 0.4) is 0 Å². The Kier molecular flexibility index (Phi) is 2.57. The predicted octanol–water partition coefficient (Wildman–Crippen LogP) is 1.60. The van der Waals surface area contributed by atoms with E-state index in [4.69, 9.17) is 14.2 Å². The van der Waals surface area contributed by atoms with Gasteiger partial charge in [0.25, 0.3) is 0 Å². The number of fused-ring (bicyclic) bond motifs is 4. The summed E-state index contributed by atoms with van der Waals surface area (Å²) in [4.78, 5) is 0. The van der Waals surface area contributed by atoms with Crippen molar-refractivity contribution in [3.05, 3.63) is 0 Å². The van der Waals surface area contributed by atoms with Gasteiger partial charge in [0.1, 0.15) is 6.10 Å². The Morgan fingerprint density at radius 2 is 1.88 bits per heavy atom. The van der Waals surface area contributed by atoms with Crippen LogP contribution in [0.4, 0.5) is 0 Å². The highest BCUT2D eigenvalue weighted by molar-refractivity contribution is 5.08. The van der Waals surface area contributed by atoms with Gasteiger partial charge in [-0.05, 0) is 20.3 Å². The van der Waals surface area contributed by atoms with Crippen molar-refractivity contribution < 1.29 is 19.3 Å². The molecule has 0 spiro atoms. The second-order valence-electron chi connectivity index (χ2n) is 6.10. The molecule has 98 valence electrons. The summed E-state index contributed by atoms with van der Waals surface area (Å²) in [7, 11) is 0. The highest BCUT2D eigenvalue weighted by Crippen LogP contribution is 2.49. The molecule has 2 bridgehead atoms. The smallest absolute Gasteiger partial charge is 0.163 e. The number of ether oxygens (including phenoxy) is 3. The molecule has 2 saturated heterocycles. The number of rotatable bonds is 2. The zero-order valence-electron chi connectivity index (χ0n) is 10.8. The lowest BCUT2D eigenvalue weighted by molar-refractivity contribution is -0.165. The fourth-order valence-corrected chi connectivity index (χ4v) is 3.56. The lowest BCUT2D eigenvalue weighted by Crippen LogP contribution is -2.48. The van der Waals surface area contributed by atoms with Crippen LogP contribution >= 0.6 is 0 Å². The lowest BCUT2D eigenvalue weighted by atomic mass is 9.78. The van der Waals surface area contributed by atoms with Crippen molar-refractivity contribution in [3.63, 3.8) is 0 Å². The zero-order chi connectivity index (χ0) is 12.3. The van der Waals surface area contributed by atoms with Gasteiger partial charge in [-0.25, -0.2) is 0 Å². The van der Waals surface area contributed by atoms with Crippen LogP contribution in [0.15, 0.2) is 0 Å². The van der Waals surface area contributed by atoms with E-state index in [1.165, 1.54) is 0 Å². The molecule has 0 aromatic rings. The highest BCUT2D eigenvalue weighted by Gasteiger charge is 2.61. The van der Waals surface area contributed by atoms with E-state index in [2.05, 4.69) is 6.92 Å². The molecule has 0 amide bonds. The van der Waals surface area contributed by atoms with Gasteiger partial charge < -0.3 is 19.3 Å². The summed E-state index contributed by atoms with van der Waals surface area (Å²) < 4.78 is 17.7. The zero-order valence-corrected chi connectivity index (χ0v) is 10.8. The molecule has 1 aliphatic carbocycles. The molecule has 17 heavy (non-hydrogen) atoms. The van der Waals surface area contributed by atoms with E-state index in [1.54, 1.807) is 0 Å². The molecule has 1 N–H and O–H groups in total. The minimum atomic E-state index is -0.703. The van der Waals surface area contributed by atoms with Crippen molar-refractivity contribution in [3.8, 4) is 0 Å². The fraction of sp³-hybridized carbons (Fsp3) is 1.00. The minimum absolute atomic E-state index is 0.00271. The van der Waals surface area contributed by atoms with Crippen LogP contribution in [0.1, 0.15) is 46.5 Å². The normalized spacial score (nSPS) is 51.5. The van der Waals surface area contributed by atoms with E-state index in [1.807, 2.05) is 13.8 Å². The Morgan fingerprint density at radius 1 is 1.18 bits per heavy atom. The van der Waals surface area contributed by atoms with Gasteiger partial charge in [-0.15, -0.1) is 0 Å². The van der Waals surface area contributed by atoms with Crippen molar-refractivity contribution in [2.75, 3.05) is 0 Å². The molecule has 4 heteroatoms. The fourth-order valence-electron chi connectivity index (χ4n) is 3.56. The maximum atomic E-state index is 10.7. The number of hydrogen-bond acceptors (Lipinski definition) is 4. The summed E-state index contributed by atoms with van der Waals surface area (Å²) in [5, 5.41) is 10.7. The second-order valence-corrected chi connectivity index (χ2v) is 6.10. The molecule has 3 aliphatic rings. The molecule has 2 heterocycles. The van der Waals surface area contributed by atoms with Crippen molar-refractivity contribution in [1.82, 2.24) is 0 Å². The Balaban J connectivity index is 1.80. The molecule has 2 aliphatic heterocycles. The molecule has 1 unspecified atom stereocenters. The third kappa shape index (κ3) is 1.82. The van der Waals surface area contributed by atoms with E-state index in [0.29, 0.717) is 12.8 Å². The topological polar surface area (TPSA) is 47.9 Å². The molecule has 1 saturated carbocycles. The van der Waals surface area contributed by atoms with Gasteiger partial charge in [-0.3, -0.25) is 0 Å². The number of hydrogen-bond donors (Lipinski definition) is 1. The van der Waals surface area contributed by atoms with Crippen molar-refractivity contribution in [2.45, 2.75) is 82.3 Å². The van der Waals surface area contributed by atoms with Crippen molar-refractivity contribution in [2.24, 2.45) is 0 Å². The second kappa shape index (κ2) is 3.67. The summed E-state index contributed by atoms with van der Waals surface area (Å²) in [5.41, 5.74) is -0.703. The molecule has 0 radical (unpaired) electrons. The molecule has 0 aromatic carbocycles. The van der Waals surface area contributed by atoms with Crippen LogP contribution in [0.25, 0.3) is 0 Å².